The predicted molar refractivity (Wildman–Crippen MR) is 52.0 cm³/mol. The zero-order valence-electron chi connectivity index (χ0n) is 8.37. The molecule has 3 N–H and O–H groups in total. The normalized spacial score (nSPS) is 13.6. The Balaban J connectivity index is 2.68. The molecule has 3 nitrogen and oxygen atoms in total. The molecule has 0 heterocycles. The van der Waals surface area contributed by atoms with Gasteiger partial charge in [-0.25, -0.2) is 0 Å². The summed E-state index contributed by atoms with van der Waals surface area (Å²) in [7, 11) is 0. The number of aliphatic hydroxyl groups is 1. The van der Waals surface area contributed by atoms with Crippen LogP contribution in [0.1, 0.15) is 5.56 Å². The maximum Gasteiger partial charge on any atom is 0.416 e. The Morgan fingerprint density at radius 3 is 2.62 bits per heavy atom. The zero-order chi connectivity index (χ0) is 12.2. The van der Waals surface area contributed by atoms with E-state index in [1.54, 1.807) is 0 Å². The number of aliphatic hydroxyl groups excluding tert-OH is 1. The van der Waals surface area contributed by atoms with Crippen LogP contribution >= 0.6 is 0 Å². The second kappa shape index (κ2) is 5.18. The van der Waals surface area contributed by atoms with Gasteiger partial charge in [-0.2, -0.15) is 13.2 Å². The molecule has 0 spiro atoms. The highest BCUT2D eigenvalue weighted by Gasteiger charge is 2.30. The van der Waals surface area contributed by atoms with Crippen molar-refractivity contribution in [3.63, 3.8) is 0 Å². The standard InChI is InChI=1S/C10H12F3NO2/c11-10(12,13)7-2-1-3-9(4-7)16-6-8(15)5-14/h1-4,8,15H,5-6,14H2. The average Bonchev–Trinajstić information content (AvgIpc) is 2.25. The van der Waals surface area contributed by atoms with Gasteiger partial charge in [-0.1, -0.05) is 6.07 Å². The van der Waals surface area contributed by atoms with Gasteiger partial charge >= 0.3 is 6.18 Å². The number of hydrogen-bond acceptors (Lipinski definition) is 3. The molecule has 0 aliphatic rings. The highest BCUT2D eigenvalue weighted by Crippen LogP contribution is 2.31. The first-order chi connectivity index (χ1) is 7.43. The number of halogens is 3. The van der Waals surface area contributed by atoms with Crippen molar-refractivity contribution < 1.29 is 23.0 Å². The summed E-state index contributed by atoms with van der Waals surface area (Å²) in [5.41, 5.74) is 4.34. The van der Waals surface area contributed by atoms with Gasteiger partial charge in [-0.3, -0.25) is 0 Å². The summed E-state index contributed by atoms with van der Waals surface area (Å²) in [6.07, 6.45) is -5.28. The van der Waals surface area contributed by atoms with E-state index in [1.165, 1.54) is 12.1 Å². The molecular formula is C10H12F3NO2. The molecule has 0 aliphatic heterocycles. The Bertz CT molecular complexity index is 341. The number of benzene rings is 1. The summed E-state index contributed by atoms with van der Waals surface area (Å²) >= 11 is 0. The van der Waals surface area contributed by atoms with Crippen molar-refractivity contribution in [2.24, 2.45) is 5.73 Å². The topological polar surface area (TPSA) is 55.5 Å². The van der Waals surface area contributed by atoms with E-state index in [4.69, 9.17) is 15.6 Å². The lowest BCUT2D eigenvalue weighted by Crippen LogP contribution is -2.26. The molecule has 1 aromatic rings. The maximum atomic E-state index is 12.3. The molecule has 0 aromatic heterocycles. The largest absolute Gasteiger partial charge is 0.491 e. The van der Waals surface area contributed by atoms with Crippen molar-refractivity contribution in [1.29, 1.82) is 0 Å². The van der Waals surface area contributed by atoms with E-state index in [9.17, 15) is 13.2 Å². The lowest BCUT2D eigenvalue weighted by Gasteiger charge is -2.12. The van der Waals surface area contributed by atoms with Gasteiger partial charge in [0, 0.05) is 6.54 Å². The van der Waals surface area contributed by atoms with Crippen molar-refractivity contribution >= 4 is 0 Å². The first-order valence-electron chi connectivity index (χ1n) is 4.61. The van der Waals surface area contributed by atoms with Gasteiger partial charge in [0.2, 0.25) is 0 Å². The number of ether oxygens (including phenoxy) is 1. The van der Waals surface area contributed by atoms with Gasteiger partial charge < -0.3 is 15.6 Å². The molecule has 1 aromatic carbocycles. The first kappa shape index (κ1) is 12.8. The van der Waals surface area contributed by atoms with E-state index in [0.717, 1.165) is 12.1 Å². The first-order valence-corrected chi connectivity index (χ1v) is 4.61. The summed E-state index contributed by atoms with van der Waals surface area (Å²) in [5, 5.41) is 9.08. The Hall–Kier alpha value is -1.27. The third-order valence-electron chi connectivity index (χ3n) is 1.88. The lowest BCUT2D eigenvalue weighted by molar-refractivity contribution is -0.137. The van der Waals surface area contributed by atoms with Crippen LogP contribution in [-0.2, 0) is 6.18 Å². The zero-order valence-corrected chi connectivity index (χ0v) is 8.37. The fraction of sp³-hybridized carbons (Fsp3) is 0.400. The number of hydrogen-bond donors (Lipinski definition) is 2. The van der Waals surface area contributed by atoms with Crippen LogP contribution in [0.15, 0.2) is 24.3 Å². The third-order valence-corrected chi connectivity index (χ3v) is 1.88. The van der Waals surface area contributed by atoms with Crippen LogP contribution in [0.2, 0.25) is 0 Å². The van der Waals surface area contributed by atoms with Crippen LogP contribution in [-0.4, -0.2) is 24.4 Å². The SMILES string of the molecule is NCC(O)COc1cccc(C(F)(F)F)c1. The molecule has 16 heavy (non-hydrogen) atoms. The quantitative estimate of drug-likeness (QED) is 0.829. The summed E-state index contributed by atoms with van der Waals surface area (Å²) in [6, 6.07) is 4.46. The molecule has 0 fully saturated rings. The highest BCUT2D eigenvalue weighted by molar-refractivity contribution is 5.30. The van der Waals surface area contributed by atoms with Crippen LogP contribution in [0.25, 0.3) is 0 Å². The van der Waals surface area contributed by atoms with Crippen molar-refractivity contribution in [3.05, 3.63) is 29.8 Å². The van der Waals surface area contributed by atoms with E-state index in [2.05, 4.69) is 0 Å². The summed E-state index contributed by atoms with van der Waals surface area (Å²) in [5.74, 6) is 0.0577. The third kappa shape index (κ3) is 3.71. The molecule has 1 rings (SSSR count). The smallest absolute Gasteiger partial charge is 0.416 e. The van der Waals surface area contributed by atoms with Gasteiger partial charge in [-0.15, -0.1) is 0 Å². The average molecular weight is 235 g/mol. The molecule has 0 saturated carbocycles. The number of rotatable bonds is 4. The Labute approximate surface area is 90.6 Å². The van der Waals surface area contributed by atoms with Crippen LogP contribution in [0.3, 0.4) is 0 Å². The fourth-order valence-corrected chi connectivity index (χ4v) is 1.02. The van der Waals surface area contributed by atoms with Crippen molar-refractivity contribution in [3.8, 4) is 5.75 Å². The molecule has 0 saturated heterocycles. The molecule has 90 valence electrons. The molecule has 0 radical (unpaired) electrons. The minimum absolute atomic E-state index is 0.00103. The van der Waals surface area contributed by atoms with E-state index in [-0.39, 0.29) is 18.9 Å². The molecule has 1 atom stereocenters. The van der Waals surface area contributed by atoms with Crippen LogP contribution in [0.4, 0.5) is 13.2 Å². The lowest BCUT2D eigenvalue weighted by atomic mass is 10.2. The van der Waals surface area contributed by atoms with Gasteiger partial charge in [0.25, 0.3) is 0 Å². The van der Waals surface area contributed by atoms with Crippen LogP contribution < -0.4 is 10.5 Å². The highest BCUT2D eigenvalue weighted by atomic mass is 19.4. The Morgan fingerprint density at radius 2 is 2.06 bits per heavy atom. The van der Waals surface area contributed by atoms with Crippen molar-refractivity contribution in [2.45, 2.75) is 12.3 Å². The predicted octanol–water partition coefficient (Wildman–Crippen LogP) is 1.40. The molecule has 0 amide bonds. The molecular weight excluding hydrogens is 223 g/mol. The summed E-state index contributed by atoms with van der Waals surface area (Å²) in [6.45, 7) is -0.128. The van der Waals surface area contributed by atoms with Crippen molar-refractivity contribution in [1.82, 2.24) is 0 Å². The van der Waals surface area contributed by atoms with E-state index in [0.29, 0.717) is 0 Å². The maximum absolute atomic E-state index is 12.3. The molecule has 0 bridgehead atoms. The number of nitrogens with two attached hydrogens (primary N) is 1. The fourth-order valence-electron chi connectivity index (χ4n) is 1.02. The monoisotopic (exact) mass is 235 g/mol. The van der Waals surface area contributed by atoms with Gasteiger partial charge in [0.1, 0.15) is 18.5 Å². The van der Waals surface area contributed by atoms with Gasteiger partial charge in [-0.05, 0) is 18.2 Å². The van der Waals surface area contributed by atoms with Crippen LogP contribution in [0.5, 0.6) is 5.75 Å². The second-order valence-electron chi connectivity index (χ2n) is 3.23. The minimum Gasteiger partial charge on any atom is -0.491 e. The van der Waals surface area contributed by atoms with Gasteiger partial charge in [0.05, 0.1) is 5.56 Å². The van der Waals surface area contributed by atoms with E-state index < -0.39 is 17.8 Å². The summed E-state index contributed by atoms with van der Waals surface area (Å²) < 4.78 is 41.9. The van der Waals surface area contributed by atoms with Crippen molar-refractivity contribution in [2.75, 3.05) is 13.2 Å². The molecule has 6 heteroatoms. The van der Waals surface area contributed by atoms with Crippen LogP contribution in [0, 0.1) is 0 Å². The summed E-state index contributed by atoms with van der Waals surface area (Å²) in [4.78, 5) is 0. The molecule has 1 unspecified atom stereocenters. The van der Waals surface area contributed by atoms with E-state index in [1.807, 2.05) is 0 Å². The number of alkyl halides is 3. The molecule has 0 aliphatic carbocycles. The van der Waals surface area contributed by atoms with Gasteiger partial charge in [0.15, 0.2) is 0 Å². The minimum atomic E-state index is -4.40. The Morgan fingerprint density at radius 1 is 1.38 bits per heavy atom. The Kier molecular flexibility index (Phi) is 4.14. The van der Waals surface area contributed by atoms with E-state index >= 15 is 0 Å². The second-order valence-corrected chi connectivity index (χ2v) is 3.23.